The first-order valence-electron chi connectivity index (χ1n) is 10.6. The van der Waals surface area contributed by atoms with Crippen LogP contribution in [-0.4, -0.2) is 35.5 Å². The van der Waals surface area contributed by atoms with Gasteiger partial charge in [0.15, 0.2) is 11.9 Å². The van der Waals surface area contributed by atoms with Gasteiger partial charge in [-0.1, -0.05) is 54.8 Å². The van der Waals surface area contributed by atoms with E-state index in [4.69, 9.17) is 16.1 Å². The second-order valence-corrected chi connectivity index (χ2v) is 11.3. The van der Waals surface area contributed by atoms with Gasteiger partial charge in [0.2, 0.25) is 0 Å². The Morgan fingerprint density at radius 3 is 1.76 bits per heavy atom. The molecule has 2 fully saturated rings. The maximum Gasteiger partial charge on any atom is 0.341 e. The largest absolute Gasteiger partial charge is 1.00 e. The fourth-order valence-electron chi connectivity index (χ4n) is 4.39. The lowest BCUT2D eigenvalue weighted by molar-refractivity contribution is -0.00000674. The molecule has 0 aliphatic carbocycles. The van der Waals surface area contributed by atoms with Crippen LogP contribution in [0, 0.1) is 0 Å². The van der Waals surface area contributed by atoms with Crippen molar-refractivity contribution in [3.8, 4) is 5.75 Å². The molecule has 6 heteroatoms. The van der Waals surface area contributed by atoms with Gasteiger partial charge in [-0.3, -0.25) is 0 Å². The quantitative estimate of drug-likeness (QED) is 0.622. The molecule has 4 rings (SSSR count). The van der Waals surface area contributed by atoms with E-state index in [0.29, 0.717) is 0 Å². The number of rotatable bonds is 6. The lowest BCUT2D eigenvalue weighted by Crippen LogP contribution is -3.00. The molecule has 0 amide bonds. The third-order valence-electron chi connectivity index (χ3n) is 5.85. The highest BCUT2D eigenvalue weighted by Gasteiger charge is 2.55. The van der Waals surface area contributed by atoms with Crippen molar-refractivity contribution >= 4 is 19.4 Å². The molecule has 0 unspecified atom stereocenters. The molecular weight excluding hydrogens is 422 g/mol. The third-order valence-corrected chi connectivity index (χ3v) is 9.95. The predicted octanol–water partition coefficient (Wildman–Crippen LogP) is 3.66. The van der Waals surface area contributed by atoms with Crippen LogP contribution in [0.15, 0.2) is 54.6 Å². The van der Waals surface area contributed by atoms with Crippen molar-refractivity contribution in [2.75, 3.05) is 26.2 Å². The number of hydrogen-bond acceptors (Lipinski definition) is 3. The lowest BCUT2D eigenvalue weighted by Gasteiger charge is -2.43. The van der Waals surface area contributed by atoms with E-state index in [9.17, 15) is 0 Å². The average Bonchev–Trinajstić information content (AvgIpc) is 2.77. The Bertz CT molecular complexity index is 714. The Morgan fingerprint density at radius 2 is 1.24 bits per heavy atom. The molecule has 29 heavy (non-hydrogen) atoms. The van der Waals surface area contributed by atoms with Crippen molar-refractivity contribution in [2.45, 2.75) is 44.7 Å². The maximum absolute atomic E-state index is 7.04. The Hall–Kier alpha value is -0.830. The monoisotopic (exact) mass is 452 g/mol. The summed E-state index contributed by atoms with van der Waals surface area (Å²) in [6.45, 7) is 4.57. The van der Waals surface area contributed by atoms with Gasteiger partial charge in [0, 0.05) is 31.2 Å². The van der Waals surface area contributed by atoms with E-state index < -0.39 is 7.79 Å². The van der Waals surface area contributed by atoms with Crippen LogP contribution in [0.1, 0.15) is 44.1 Å². The minimum atomic E-state index is -1.98. The number of benzene rings is 2. The number of nitrogens with zero attached hydrogens (tertiary/aromatic N) is 2. The Balaban J connectivity index is 0.00000240. The van der Waals surface area contributed by atoms with E-state index in [2.05, 4.69) is 39.7 Å². The Morgan fingerprint density at radius 1 is 0.724 bits per heavy atom. The Kier molecular flexibility index (Phi) is 8.65. The minimum absolute atomic E-state index is 0. The van der Waals surface area contributed by atoms with Crippen molar-refractivity contribution in [2.24, 2.45) is 0 Å². The smallest absolute Gasteiger partial charge is 0.341 e. The van der Waals surface area contributed by atoms with Gasteiger partial charge in [0.25, 0.3) is 0 Å². The molecule has 2 saturated heterocycles. The van der Waals surface area contributed by atoms with Gasteiger partial charge >= 0.3 is 7.79 Å². The molecule has 0 atom stereocenters. The fraction of sp³-hybridized carbons (Fsp3) is 0.478. The summed E-state index contributed by atoms with van der Waals surface area (Å²) in [6.07, 6.45) is 8.74. The first-order valence-corrected chi connectivity index (χ1v) is 12.8. The second kappa shape index (κ2) is 11.0. The highest BCUT2D eigenvalue weighted by atomic mass is 35.5. The van der Waals surface area contributed by atoms with Crippen LogP contribution in [0.2, 0.25) is 5.02 Å². The molecule has 0 bridgehead atoms. The van der Waals surface area contributed by atoms with Crippen LogP contribution < -0.4 is 16.9 Å². The van der Waals surface area contributed by atoms with E-state index in [-0.39, 0.29) is 12.4 Å². The first kappa shape index (κ1) is 22.8. The van der Waals surface area contributed by atoms with Crippen LogP contribution in [0.5, 0.6) is 5.75 Å². The highest BCUT2D eigenvalue weighted by molar-refractivity contribution is 7.66. The third kappa shape index (κ3) is 5.66. The highest BCUT2D eigenvalue weighted by Crippen LogP contribution is 2.68. The van der Waals surface area contributed by atoms with Crippen LogP contribution in [0.4, 0.5) is 0 Å². The maximum atomic E-state index is 7.04. The van der Waals surface area contributed by atoms with E-state index in [1.807, 2.05) is 24.3 Å². The molecule has 158 valence electrons. The number of halogens is 2. The Labute approximate surface area is 187 Å². The van der Waals surface area contributed by atoms with E-state index in [1.165, 1.54) is 44.1 Å². The van der Waals surface area contributed by atoms with Gasteiger partial charge in [-0.2, -0.15) is 0 Å². The number of piperidine rings is 2. The van der Waals surface area contributed by atoms with Gasteiger partial charge < -0.3 is 16.9 Å². The van der Waals surface area contributed by atoms with E-state index in [1.54, 1.807) is 0 Å². The molecule has 0 aromatic heterocycles. The summed E-state index contributed by atoms with van der Waals surface area (Å²) in [6, 6.07) is 18.9. The van der Waals surface area contributed by atoms with Crippen molar-refractivity contribution in [1.29, 1.82) is 0 Å². The molecular formula is C23H31Cl2N2OP. The fourth-order valence-corrected chi connectivity index (χ4v) is 8.53. The summed E-state index contributed by atoms with van der Waals surface area (Å²) in [4.78, 5) is 0. The van der Waals surface area contributed by atoms with Crippen LogP contribution in [0.3, 0.4) is 0 Å². The van der Waals surface area contributed by atoms with Gasteiger partial charge in [-0.25, -0.2) is 0 Å². The molecule has 0 N–H and O–H groups in total. The number of hydrogen-bond donors (Lipinski definition) is 0. The first-order chi connectivity index (χ1) is 13.8. The standard InChI is InChI=1S/C23H31ClN2OP.ClH/c24-22-12-14-23(15-13-22)27-28(25-16-6-2-7-17-25,26-18-8-3-9-19-26)20-21-10-4-1-5-11-21;/h1,4-5,10-15H,2-3,6-9,16-20H2;1H/q+1;/p-1. The summed E-state index contributed by atoms with van der Waals surface area (Å²) in [5.41, 5.74) is 1.38. The zero-order valence-electron chi connectivity index (χ0n) is 17.0. The zero-order chi connectivity index (χ0) is 19.2. The average molecular weight is 453 g/mol. The molecule has 0 spiro atoms. The van der Waals surface area contributed by atoms with Gasteiger partial charge in [0.05, 0.1) is 0 Å². The zero-order valence-corrected chi connectivity index (χ0v) is 19.4. The summed E-state index contributed by atoms with van der Waals surface area (Å²) in [5, 5.41) is 0.760. The van der Waals surface area contributed by atoms with Crippen molar-refractivity contribution in [3.05, 3.63) is 65.2 Å². The molecule has 2 aliphatic rings. The predicted molar refractivity (Wildman–Crippen MR) is 120 cm³/mol. The van der Waals surface area contributed by atoms with Crippen LogP contribution >= 0.6 is 19.4 Å². The van der Waals surface area contributed by atoms with Gasteiger partial charge in [0.1, 0.15) is 0 Å². The molecule has 3 nitrogen and oxygen atoms in total. The molecule has 2 aromatic rings. The summed E-state index contributed by atoms with van der Waals surface area (Å²) in [7, 11) is -1.98. The normalized spacial score (nSPS) is 18.8. The lowest BCUT2D eigenvalue weighted by atomic mass is 10.2. The molecule has 2 aromatic carbocycles. The summed E-state index contributed by atoms with van der Waals surface area (Å²) < 4.78 is 12.5. The molecule has 0 radical (unpaired) electrons. The topological polar surface area (TPSA) is 15.7 Å². The molecule has 2 aliphatic heterocycles. The SMILES string of the molecule is Clc1ccc(O[P+](Cc2ccccc2)(N2CCCCC2)N2CCCCC2)cc1.[Cl-]. The van der Waals surface area contributed by atoms with Crippen molar-refractivity contribution in [3.63, 3.8) is 0 Å². The second-order valence-electron chi connectivity index (χ2n) is 7.88. The van der Waals surface area contributed by atoms with Crippen LogP contribution in [-0.2, 0) is 6.16 Å². The molecule has 2 heterocycles. The van der Waals surface area contributed by atoms with Crippen molar-refractivity contribution < 1.29 is 16.9 Å². The van der Waals surface area contributed by atoms with Crippen LogP contribution in [0.25, 0.3) is 0 Å². The van der Waals surface area contributed by atoms with E-state index in [0.717, 1.165) is 43.1 Å². The van der Waals surface area contributed by atoms with Gasteiger partial charge in [-0.15, -0.1) is 9.34 Å². The van der Waals surface area contributed by atoms with E-state index >= 15 is 0 Å². The van der Waals surface area contributed by atoms with Gasteiger partial charge in [-0.05, 0) is 55.5 Å². The van der Waals surface area contributed by atoms with Crippen molar-refractivity contribution in [1.82, 2.24) is 9.34 Å². The molecule has 0 saturated carbocycles. The summed E-state index contributed by atoms with van der Waals surface area (Å²) >= 11 is 6.14. The minimum Gasteiger partial charge on any atom is -1.00 e. The summed E-state index contributed by atoms with van der Waals surface area (Å²) in [5.74, 6) is 0.949.